The minimum atomic E-state index is -4.22. The van der Waals surface area contributed by atoms with Crippen LogP contribution in [0.5, 0.6) is 5.75 Å². The summed E-state index contributed by atoms with van der Waals surface area (Å²) in [6, 6.07) is 30.9. The second-order valence-electron chi connectivity index (χ2n) is 10.9. The topological polar surface area (TPSA) is 96.0 Å². The molecular formula is C35H39N3O5S. The first-order chi connectivity index (χ1) is 21.1. The molecule has 0 aliphatic rings. The summed E-state index contributed by atoms with van der Waals surface area (Å²) in [7, 11) is -2.77. The lowest BCUT2D eigenvalue weighted by molar-refractivity contribution is -0.140. The number of hydrogen-bond acceptors (Lipinski definition) is 5. The molecule has 1 atom stereocenters. The van der Waals surface area contributed by atoms with E-state index in [2.05, 4.69) is 5.32 Å². The van der Waals surface area contributed by atoms with E-state index in [0.717, 1.165) is 21.0 Å². The van der Waals surface area contributed by atoms with Gasteiger partial charge in [0.2, 0.25) is 11.8 Å². The molecule has 4 rings (SSSR count). The Labute approximate surface area is 260 Å². The van der Waals surface area contributed by atoms with Gasteiger partial charge in [0.1, 0.15) is 18.3 Å². The van der Waals surface area contributed by atoms with Crippen LogP contribution in [0.4, 0.5) is 5.69 Å². The number of rotatable bonds is 13. The Morgan fingerprint density at radius 1 is 0.818 bits per heavy atom. The van der Waals surface area contributed by atoms with Gasteiger partial charge in [0.05, 0.1) is 17.7 Å². The highest BCUT2D eigenvalue weighted by Gasteiger charge is 2.35. The maximum atomic E-state index is 14.5. The van der Waals surface area contributed by atoms with Gasteiger partial charge in [0.25, 0.3) is 10.0 Å². The van der Waals surface area contributed by atoms with Crippen LogP contribution in [0.2, 0.25) is 0 Å². The summed E-state index contributed by atoms with van der Waals surface area (Å²) >= 11 is 0. The third-order valence-corrected chi connectivity index (χ3v) is 8.88. The third-order valence-electron chi connectivity index (χ3n) is 7.11. The molecule has 0 bridgehead atoms. The smallest absolute Gasteiger partial charge is 0.264 e. The largest absolute Gasteiger partial charge is 0.495 e. The molecule has 0 aliphatic heterocycles. The standard InChI is InChI=1S/C35H39N3O5S/c1-26(2)36-35(40)32(23-28-14-8-5-9-15-28)37(24-29-16-10-6-11-17-29)34(39)25-38(31-22-27(3)20-21-33(31)43-4)44(41,42)30-18-12-7-13-19-30/h5-22,26,32H,23-25H2,1-4H3,(H,36,40)/t32-/m0/s1. The second-order valence-corrected chi connectivity index (χ2v) is 12.7. The molecule has 230 valence electrons. The van der Waals surface area contributed by atoms with E-state index in [1.54, 1.807) is 30.3 Å². The molecule has 44 heavy (non-hydrogen) atoms. The zero-order valence-corrected chi connectivity index (χ0v) is 26.3. The van der Waals surface area contributed by atoms with Gasteiger partial charge in [-0.3, -0.25) is 13.9 Å². The average molecular weight is 614 g/mol. The first-order valence-corrected chi connectivity index (χ1v) is 15.9. The van der Waals surface area contributed by atoms with Gasteiger partial charge in [0.15, 0.2) is 0 Å². The van der Waals surface area contributed by atoms with Crippen molar-refractivity contribution in [3.63, 3.8) is 0 Å². The average Bonchev–Trinajstić information content (AvgIpc) is 3.02. The molecule has 0 radical (unpaired) electrons. The number of nitrogens with zero attached hydrogens (tertiary/aromatic N) is 2. The Bertz CT molecular complexity index is 1650. The number of nitrogens with one attached hydrogen (secondary N) is 1. The van der Waals surface area contributed by atoms with Crippen LogP contribution in [0.15, 0.2) is 114 Å². The molecule has 8 nitrogen and oxygen atoms in total. The summed E-state index contributed by atoms with van der Waals surface area (Å²) in [5.74, 6) is -0.550. The van der Waals surface area contributed by atoms with E-state index >= 15 is 0 Å². The number of anilines is 1. The van der Waals surface area contributed by atoms with E-state index < -0.39 is 28.5 Å². The van der Waals surface area contributed by atoms with Crippen molar-refractivity contribution >= 4 is 27.5 Å². The van der Waals surface area contributed by atoms with E-state index in [1.165, 1.54) is 24.1 Å². The first-order valence-electron chi connectivity index (χ1n) is 14.5. The highest BCUT2D eigenvalue weighted by Crippen LogP contribution is 2.34. The van der Waals surface area contributed by atoms with Gasteiger partial charge >= 0.3 is 0 Å². The van der Waals surface area contributed by atoms with Crippen molar-refractivity contribution in [1.82, 2.24) is 10.2 Å². The molecule has 0 saturated heterocycles. The normalized spacial score (nSPS) is 11.9. The summed E-state index contributed by atoms with van der Waals surface area (Å²) in [5, 5.41) is 2.97. The Kier molecular flexibility index (Phi) is 10.8. The van der Waals surface area contributed by atoms with Crippen molar-refractivity contribution in [2.24, 2.45) is 0 Å². The minimum Gasteiger partial charge on any atom is -0.495 e. The Morgan fingerprint density at radius 2 is 1.39 bits per heavy atom. The lowest BCUT2D eigenvalue weighted by atomic mass is 10.0. The maximum Gasteiger partial charge on any atom is 0.264 e. The molecule has 0 fully saturated rings. The number of hydrogen-bond donors (Lipinski definition) is 1. The molecule has 0 heterocycles. The van der Waals surface area contributed by atoms with Gasteiger partial charge in [0, 0.05) is 19.0 Å². The number of benzene rings is 4. The predicted octanol–water partition coefficient (Wildman–Crippen LogP) is 5.36. The lowest BCUT2D eigenvalue weighted by Gasteiger charge is -2.34. The molecule has 0 unspecified atom stereocenters. The molecule has 4 aromatic carbocycles. The van der Waals surface area contributed by atoms with Gasteiger partial charge in [-0.05, 0) is 61.7 Å². The van der Waals surface area contributed by atoms with Crippen LogP contribution in [0.25, 0.3) is 0 Å². The van der Waals surface area contributed by atoms with E-state index in [-0.39, 0.29) is 35.5 Å². The summed E-state index contributed by atoms with van der Waals surface area (Å²) < 4.78 is 35.0. The molecule has 0 saturated carbocycles. The Morgan fingerprint density at radius 3 is 1.95 bits per heavy atom. The van der Waals surface area contributed by atoms with Crippen LogP contribution < -0.4 is 14.4 Å². The van der Waals surface area contributed by atoms with Gasteiger partial charge < -0.3 is 15.0 Å². The monoisotopic (exact) mass is 613 g/mol. The number of ether oxygens (including phenoxy) is 1. The minimum absolute atomic E-state index is 0.0318. The van der Waals surface area contributed by atoms with Crippen LogP contribution in [-0.4, -0.2) is 50.9 Å². The van der Waals surface area contributed by atoms with Crippen molar-refractivity contribution in [2.75, 3.05) is 18.0 Å². The number of sulfonamides is 1. The van der Waals surface area contributed by atoms with Crippen molar-refractivity contribution in [3.8, 4) is 5.75 Å². The molecule has 1 N–H and O–H groups in total. The van der Waals surface area contributed by atoms with Crippen molar-refractivity contribution < 1.29 is 22.7 Å². The van der Waals surface area contributed by atoms with E-state index in [0.29, 0.717) is 5.75 Å². The SMILES string of the molecule is COc1ccc(C)cc1N(CC(=O)N(Cc1ccccc1)[C@@H](Cc1ccccc1)C(=O)NC(C)C)S(=O)(=O)c1ccccc1. The molecule has 0 aliphatic carbocycles. The third kappa shape index (κ3) is 8.05. The summed E-state index contributed by atoms with van der Waals surface area (Å²) in [6.45, 7) is 5.11. The highest BCUT2D eigenvalue weighted by atomic mass is 32.2. The van der Waals surface area contributed by atoms with Crippen molar-refractivity contribution in [3.05, 3.63) is 126 Å². The van der Waals surface area contributed by atoms with Gasteiger partial charge in [-0.1, -0.05) is 84.9 Å². The zero-order chi connectivity index (χ0) is 31.7. The fourth-order valence-corrected chi connectivity index (χ4v) is 6.38. The van der Waals surface area contributed by atoms with Crippen LogP contribution in [0, 0.1) is 6.92 Å². The van der Waals surface area contributed by atoms with Crippen LogP contribution >= 0.6 is 0 Å². The number of carbonyl (C=O) groups excluding carboxylic acids is 2. The Balaban J connectivity index is 1.83. The summed E-state index contributed by atoms with van der Waals surface area (Å²) in [4.78, 5) is 29.8. The molecule has 2 amide bonds. The lowest BCUT2D eigenvalue weighted by Crippen LogP contribution is -2.54. The highest BCUT2D eigenvalue weighted by molar-refractivity contribution is 7.92. The van der Waals surface area contributed by atoms with Gasteiger partial charge in [-0.15, -0.1) is 0 Å². The quantitative estimate of drug-likeness (QED) is 0.219. The van der Waals surface area contributed by atoms with Gasteiger partial charge in [-0.2, -0.15) is 0 Å². The number of carbonyl (C=O) groups is 2. The Hall–Kier alpha value is -4.63. The predicted molar refractivity (Wildman–Crippen MR) is 173 cm³/mol. The summed E-state index contributed by atoms with van der Waals surface area (Å²) in [6.07, 6.45) is 0.247. The van der Waals surface area contributed by atoms with E-state index in [4.69, 9.17) is 4.74 Å². The molecule has 0 spiro atoms. The fourth-order valence-electron chi connectivity index (χ4n) is 4.94. The van der Waals surface area contributed by atoms with E-state index in [1.807, 2.05) is 87.5 Å². The number of amides is 2. The second kappa shape index (κ2) is 14.7. The molecule has 0 aromatic heterocycles. The van der Waals surface area contributed by atoms with E-state index in [9.17, 15) is 18.0 Å². The van der Waals surface area contributed by atoms with Gasteiger partial charge in [-0.25, -0.2) is 8.42 Å². The summed E-state index contributed by atoms with van der Waals surface area (Å²) in [5.41, 5.74) is 2.70. The number of methoxy groups -OCH3 is 1. The fraction of sp³-hybridized carbons (Fsp3) is 0.257. The van der Waals surface area contributed by atoms with Crippen molar-refractivity contribution in [1.29, 1.82) is 0 Å². The van der Waals surface area contributed by atoms with Crippen molar-refractivity contribution in [2.45, 2.75) is 50.7 Å². The maximum absolute atomic E-state index is 14.5. The molecule has 4 aromatic rings. The molecule has 9 heteroatoms. The molecular weight excluding hydrogens is 574 g/mol. The first kappa shape index (κ1) is 32.3. The van der Waals surface area contributed by atoms with Crippen LogP contribution in [-0.2, 0) is 32.6 Å². The van der Waals surface area contributed by atoms with Crippen LogP contribution in [0.1, 0.15) is 30.5 Å². The van der Waals surface area contributed by atoms with Crippen LogP contribution in [0.3, 0.4) is 0 Å². The zero-order valence-electron chi connectivity index (χ0n) is 25.5. The number of aryl methyl sites for hydroxylation is 1.